The van der Waals surface area contributed by atoms with Crippen LogP contribution in [0.3, 0.4) is 0 Å². The largest absolute Gasteiger partial charge is 0.370 e. The van der Waals surface area contributed by atoms with Gasteiger partial charge in [-0.2, -0.15) is 0 Å². The molecule has 0 bridgehead atoms. The van der Waals surface area contributed by atoms with Crippen LogP contribution in [0.4, 0.5) is 15.8 Å². The number of hydrogen-bond donors (Lipinski definition) is 1. The van der Waals surface area contributed by atoms with E-state index in [4.69, 9.17) is 4.98 Å². The van der Waals surface area contributed by atoms with Gasteiger partial charge >= 0.3 is 0 Å². The van der Waals surface area contributed by atoms with Crippen LogP contribution in [0.25, 0.3) is 11.5 Å². The summed E-state index contributed by atoms with van der Waals surface area (Å²) in [6.45, 7) is 1.25. The molecule has 0 saturated heterocycles. The number of anilines is 3. The van der Waals surface area contributed by atoms with Gasteiger partial charge in [0.25, 0.3) is 11.8 Å². The maximum atomic E-state index is 12.9. The first-order valence-corrected chi connectivity index (χ1v) is 14.0. The van der Waals surface area contributed by atoms with Gasteiger partial charge in [0.1, 0.15) is 17.8 Å². The maximum Gasteiger partial charge on any atom is 0.270 e. The lowest BCUT2D eigenvalue weighted by molar-refractivity contribution is 0.0967. The van der Waals surface area contributed by atoms with Gasteiger partial charge in [-0.1, -0.05) is 6.07 Å². The Morgan fingerprint density at radius 1 is 0.974 bits per heavy atom. The second-order valence-corrected chi connectivity index (χ2v) is 12.0. The van der Waals surface area contributed by atoms with E-state index in [1.54, 1.807) is 22.6 Å². The topological polar surface area (TPSA) is 99.5 Å². The van der Waals surface area contributed by atoms with Crippen molar-refractivity contribution in [1.29, 1.82) is 0 Å². The first-order valence-electron chi connectivity index (χ1n) is 12.4. The molecule has 38 heavy (non-hydrogen) atoms. The Labute approximate surface area is 228 Å². The van der Waals surface area contributed by atoms with Gasteiger partial charge in [-0.25, -0.2) is 4.98 Å². The molecule has 0 spiro atoms. The number of pyridine rings is 1. The van der Waals surface area contributed by atoms with E-state index in [9.17, 15) is 9.59 Å². The summed E-state index contributed by atoms with van der Waals surface area (Å²) < 4.78 is 2.08. The molecule has 10 nitrogen and oxygen atoms in total. The highest BCUT2D eigenvalue weighted by Gasteiger charge is 2.33. The highest BCUT2D eigenvalue weighted by Crippen LogP contribution is 2.39. The van der Waals surface area contributed by atoms with Gasteiger partial charge in [-0.05, 0) is 48.2 Å². The zero-order valence-corrected chi connectivity index (χ0v) is 23.3. The monoisotopic (exact) mass is 548 g/mol. The quantitative estimate of drug-likeness (QED) is 0.402. The lowest BCUT2D eigenvalue weighted by Crippen LogP contribution is -2.24. The number of rotatable bonds is 5. The average Bonchev–Trinajstić information content (AvgIpc) is 3.31. The molecule has 1 N–H and O–H groups in total. The van der Waals surface area contributed by atoms with E-state index in [0.717, 1.165) is 55.2 Å². The Hall–Kier alpha value is -3.77. The second-order valence-electron chi connectivity index (χ2n) is 9.91. The molecule has 2 aliphatic heterocycles. The molecule has 1 saturated carbocycles. The van der Waals surface area contributed by atoms with Gasteiger partial charge in [0.15, 0.2) is 5.82 Å². The van der Waals surface area contributed by atoms with Crippen molar-refractivity contribution in [2.75, 3.05) is 42.9 Å². The number of amides is 2. The molecule has 2 amide bonds. The molecule has 0 atom stereocenters. The predicted octanol–water partition coefficient (Wildman–Crippen LogP) is 4.02. The fourth-order valence-electron chi connectivity index (χ4n) is 4.44. The highest BCUT2D eigenvalue weighted by atomic mass is 32.1. The highest BCUT2D eigenvalue weighted by molar-refractivity contribution is 7.18. The van der Waals surface area contributed by atoms with Crippen LogP contribution in [0.2, 0.25) is 0 Å². The number of fused-ring (bicyclic) bond motifs is 2. The summed E-state index contributed by atoms with van der Waals surface area (Å²) in [4.78, 5) is 36.2. The molecule has 0 radical (unpaired) electrons. The standard InChI is InChI=1S/C18H18N6OS.C8H10N2OS/c1-22(2)15-8-11-9-23(18(25)16(11)26-15)14-5-3-4-13(20-14)17-21-19-10-24(17)12-6-7-12;1-10(2)6-3-5-4-9-8(11)7(5)12-6/h3-5,8,10,12H,6-7,9H2,1-2H3;3H,4H2,1-2H3,(H,9,11). The number of carbonyl (C=O) groups is 2. The minimum Gasteiger partial charge on any atom is -0.370 e. The predicted molar refractivity (Wildman–Crippen MR) is 150 cm³/mol. The van der Waals surface area contributed by atoms with Crippen molar-refractivity contribution >= 4 is 50.3 Å². The molecule has 12 heteroatoms. The summed E-state index contributed by atoms with van der Waals surface area (Å²) in [5.41, 5.74) is 2.95. The molecule has 6 heterocycles. The number of nitrogens with zero attached hydrogens (tertiary/aromatic N) is 7. The summed E-state index contributed by atoms with van der Waals surface area (Å²) in [7, 11) is 7.95. The molecule has 196 valence electrons. The van der Waals surface area contributed by atoms with Crippen LogP contribution in [-0.2, 0) is 13.1 Å². The molecule has 7 rings (SSSR count). The Bertz CT molecular complexity index is 1530. The number of aromatic nitrogens is 4. The number of nitrogens with one attached hydrogen (secondary N) is 1. The van der Waals surface area contributed by atoms with Gasteiger partial charge in [0, 0.05) is 40.8 Å². The third kappa shape index (κ3) is 4.43. The molecule has 4 aromatic heterocycles. The lowest BCUT2D eigenvalue weighted by atomic mass is 10.3. The molecule has 1 fully saturated rings. The van der Waals surface area contributed by atoms with E-state index >= 15 is 0 Å². The molecular formula is C26H28N8O2S2. The molecule has 3 aliphatic rings. The first-order chi connectivity index (χ1) is 18.3. The molecule has 0 aromatic carbocycles. The van der Waals surface area contributed by atoms with Crippen LogP contribution < -0.4 is 20.0 Å². The third-order valence-electron chi connectivity index (χ3n) is 6.64. The van der Waals surface area contributed by atoms with E-state index in [1.165, 1.54) is 11.3 Å². The molecule has 4 aromatic rings. The smallest absolute Gasteiger partial charge is 0.270 e. The molecule has 1 aliphatic carbocycles. The van der Waals surface area contributed by atoms with Crippen LogP contribution >= 0.6 is 22.7 Å². The SMILES string of the molecule is CN(C)c1cc2c(s1)C(=O)N(c1cccc(-c3nncn3C3CC3)n1)C2.CN(C)c1cc2c(s1)C(=O)NC2. The Morgan fingerprint density at radius 2 is 1.68 bits per heavy atom. The maximum absolute atomic E-state index is 12.9. The van der Waals surface area contributed by atoms with Crippen molar-refractivity contribution < 1.29 is 9.59 Å². The zero-order valence-electron chi connectivity index (χ0n) is 21.6. The van der Waals surface area contributed by atoms with Crippen molar-refractivity contribution in [3.05, 3.63) is 57.5 Å². The van der Waals surface area contributed by atoms with Gasteiger partial charge < -0.3 is 19.7 Å². The van der Waals surface area contributed by atoms with Crippen LogP contribution in [-0.4, -0.2) is 59.8 Å². The van der Waals surface area contributed by atoms with Crippen molar-refractivity contribution in [1.82, 2.24) is 25.1 Å². The summed E-state index contributed by atoms with van der Waals surface area (Å²) in [5.74, 6) is 1.52. The third-order valence-corrected chi connectivity index (χ3v) is 9.32. The van der Waals surface area contributed by atoms with Crippen LogP contribution in [0.1, 0.15) is 49.4 Å². The van der Waals surface area contributed by atoms with Crippen molar-refractivity contribution in [3.63, 3.8) is 0 Å². The number of thiophene rings is 2. The van der Waals surface area contributed by atoms with Gasteiger partial charge in [0.2, 0.25) is 0 Å². The Morgan fingerprint density at radius 3 is 2.34 bits per heavy atom. The van der Waals surface area contributed by atoms with E-state index in [2.05, 4.69) is 32.2 Å². The second kappa shape index (κ2) is 9.52. The Balaban J connectivity index is 0.000000184. The van der Waals surface area contributed by atoms with E-state index in [0.29, 0.717) is 24.9 Å². The van der Waals surface area contributed by atoms with E-state index in [1.807, 2.05) is 56.2 Å². The molecule has 0 unspecified atom stereocenters. The summed E-state index contributed by atoms with van der Waals surface area (Å²) in [5, 5.41) is 13.3. The van der Waals surface area contributed by atoms with Crippen molar-refractivity contribution in [3.8, 4) is 11.5 Å². The Kier molecular flexibility index (Phi) is 6.15. The fourth-order valence-corrected chi connectivity index (χ4v) is 6.51. The van der Waals surface area contributed by atoms with Gasteiger partial charge in [-0.3, -0.25) is 14.5 Å². The first kappa shape index (κ1) is 24.6. The normalized spacial score (nSPS) is 15.6. The molecular weight excluding hydrogens is 520 g/mol. The average molecular weight is 549 g/mol. The van der Waals surface area contributed by atoms with Crippen LogP contribution in [0, 0.1) is 0 Å². The summed E-state index contributed by atoms with van der Waals surface area (Å²) in [6, 6.07) is 10.4. The van der Waals surface area contributed by atoms with Crippen LogP contribution in [0.15, 0.2) is 36.7 Å². The van der Waals surface area contributed by atoms with Crippen LogP contribution in [0.5, 0.6) is 0 Å². The summed E-state index contributed by atoms with van der Waals surface area (Å²) in [6.07, 6.45) is 4.08. The van der Waals surface area contributed by atoms with Gasteiger partial charge in [0.05, 0.1) is 26.3 Å². The van der Waals surface area contributed by atoms with E-state index < -0.39 is 0 Å². The fraction of sp³-hybridized carbons (Fsp3) is 0.346. The van der Waals surface area contributed by atoms with Gasteiger partial charge in [-0.15, -0.1) is 32.9 Å². The number of carbonyl (C=O) groups excluding carboxylic acids is 2. The lowest BCUT2D eigenvalue weighted by Gasteiger charge is -2.16. The number of hydrogen-bond acceptors (Lipinski definition) is 9. The van der Waals surface area contributed by atoms with E-state index in [-0.39, 0.29) is 11.8 Å². The zero-order chi connectivity index (χ0) is 26.6. The minimum absolute atomic E-state index is 0.0198. The van der Waals surface area contributed by atoms with Crippen molar-refractivity contribution in [2.45, 2.75) is 32.0 Å². The minimum atomic E-state index is 0.0198. The van der Waals surface area contributed by atoms with Crippen molar-refractivity contribution in [2.24, 2.45) is 0 Å². The summed E-state index contributed by atoms with van der Waals surface area (Å²) >= 11 is 3.09.